The summed E-state index contributed by atoms with van der Waals surface area (Å²) in [7, 11) is 1.93. The summed E-state index contributed by atoms with van der Waals surface area (Å²) in [5.74, 6) is -0.395. The zero-order valence-corrected chi connectivity index (χ0v) is 18.4. The van der Waals surface area contributed by atoms with Gasteiger partial charge in [0.05, 0.1) is 0 Å². The molecule has 5 nitrogen and oxygen atoms in total. The van der Waals surface area contributed by atoms with Gasteiger partial charge in [-0.2, -0.15) is 0 Å². The molecule has 7 heteroatoms. The molecule has 0 saturated heterocycles. The highest BCUT2D eigenvalue weighted by molar-refractivity contribution is 6.35. The number of nitrogens with zero attached hydrogens (tertiary/aromatic N) is 1. The molecular formula is C24H21Cl2N3O2. The van der Waals surface area contributed by atoms with Gasteiger partial charge in [0, 0.05) is 45.1 Å². The summed E-state index contributed by atoms with van der Waals surface area (Å²) >= 11 is 11.9. The second-order valence-electron chi connectivity index (χ2n) is 7.34. The fraction of sp³-hybridized carbons (Fsp3) is 0.167. The summed E-state index contributed by atoms with van der Waals surface area (Å²) in [4.78, 5) is 27.5. The van der Waals surface area contributed by atoms with E-state index in [0.29, 0.717) is 33.4 Å². The Morgan fingerprint density at radius 2 is 1.61 bits per heavy atom. The molecule has 3 aromatic carbocycles. The molecule has 1 aliphatic heterocycles. The lowest BCUT2D eigenvalue weighted by Crippen LogP contribution is -2.39. The molecule has 2 N–H and O–H groups in total. The van der Waals surface area contributed by atoms with Crippen LogP contribution >= 0.6 is 23.2 Å². The highest BCUT2D eigenvalue weighted by Crippen LogP contribution is 2.34. The normalized spacial score (nSPS) is 15.3. The van der Waals surface area contributed by atoms with E-state index in [1.807, 2.05) is 30.1 Å². The molecule has 3 aromatic rings. The van der Waals surface area contributed by atoms with Crippen LogP contribution in [-0.4, -0.2) is 25.4 Å². The Kier molecular flexibility index (Phi) is 6.28. The number of fused-ring (bicyclic) bond motifs is 1. The summed E-state index contributed by atoms with van der Waals surface area (Å²) in [6.07, 6.45) is 0.843. The van der Waals surface area contributed by atoms with E-state index >= 15 is 0 Å². The van der Waals surface area contributed by atoms with Crippen LogP contribution in [0.3, 0.4) is 0 Å². The van der Waals surface area contributed by atoms with Crippen LogP contribution in [0.4, 0.5) is 11.4 Å². The molecule has 0 radical (unpaired) electrons. The summed E-state index contributed by atoms with van der Waals surface area (Å²) in [5.41, 5.74) is 3.54. The van der Waals surface area contributed by atoms with Crippen LogP contribution in [-0.2, 0) is 0 Å². The standard InChI is InChI=1S/C24H21Cl2N3O2/c1-27-21-10-11-29(22-5-3-2-4-20(21)22)24(31)15-6-8-19(9-7-15)28-23(30)16-12-17(25)14-18(26)13-16/h2-9,12-14,21,27H,10-11H2,1H3,(H,28,30). The van der Waals surface area contributed by atoms with Gasteiger partial charge in [-0.1, -0.05) is 41.4 Å². The van der Waals surface area contributed by atoms with Crippen molar-refractivity contribution >= 4 is 46.4 Å². The van der Waals surface area contributed by atoms with Gasteiger partial charge in [-0.15, -0.1) is 0 Å². The van der Waals surface area contributed by atoms with E-state index in [4.69, 9.17) is 23.2 Å². The van der Waals surface area contributed by atoms with Gasteiger partial charge in [0.25, 0.3) is 11.8 Å². The minimum Gasteiger partial charge on any atom is -0.322 e. The maximum absolute atomic E-state index is 13.2. The molecule has 4 rings (SSSR count). The Balaban J connectivity index is 1.50. The lowest BCUT2D eigenvalue weighted by atomic mass is 9.96. The van der Waals surface area contributed by atoms with Crippen molar-refractivity contribution in [1.29, 1.82) is 0 Å². The average Bonchev–Trinajstić information content (AvgIpc) is 2.77. The minimum absolute atomic E-state index is 0.0681. The maximum atomic E-state index is 13.2. The van der Waals surface area contributed by atoms with E-state index in [1.54, 1.807) is 42.5 Å². The summed E-state index contributed by atoms with van der Waals surface area (Å²) < 4.78 is 0. The van der Waals surface area contributed by atoms with Gasteiger partial charge in [-0.05, 0) is 67.6 Å². The van der Waals surface area contributed by atoms with Gasteiger partial charge in [0.2, 0.25) is 0 Å². The maximum Gasteiger partial charge on any atom is 0.258 e. The topological polar surface area (TPSA) is 61.4 Å². The second kappa shape index (κ2) is 9.10. The van der Waals surface area contributed by atoms with Gasteiger partial charge in [0.15, 0.2) is 0 Å². The van der Waals surface area contributed by atoms with Crippen molar-refractivity contribution in [2.75, 3.05) is 23.8 Å². The highest BCUT2D eigenvalue weighted by atomic mass is 35.5. The van der Waals surface area contributed by atoms with Crippen molar-refractivity contribution in [3.8, 4) is 0 Å². The van der Waals surface area contributed by atoms with Crippen molar-refractivity contribution in [2.45, 2.75) is 12.5 Å². The molecule has 1 heterocycles. The molecule has 2 amide bonds. The monoisotopic (exact) mass is 453 g/mol. The van der Waals surface area contributed by atoms with Gasteiger partial charge in [-0.3, -0.25) is 9.59 Å². The Hall–Kier alpha value is -2.86. The molecule has 1 unspecified atom stereocenters. The molecule has 158 valence electrons. The van der Waals surface area contributed by atoms with E-state index < -0.39 is 0 Å². The van der Waals surface area contributed by atoms with Crippen LogP contribution in [0, 0.1) is 0 Å². The molecule has 1 atom stereocenters. The van der Waals surface area contributed by atoms with Crippen molar-refractivity contribution in [1.82, 2.24) is 5.32 Å². The third kappa shape index (κ3) is 4.59. The third-order valence-electron chi connectivity index (χ3n) is 5.35. The molecular weight excluding hydrogens is 433 g/mol. The van der Waals surface area contributed by atoms with Crippen molar-refractivity contribution in [2.24, 2.45) is 0 Å². The molecule has 0 spiro atoms. The molecule has 0 bridgehead atoms. The summed E-state index contributed by atoms with van der Waals surface area (Å²) in [5, 5.41) is 6.89. The smallest absolute Gasteiger partial charge is 0.258 e. The first-order valence-electron chi connectivity index (χ1n) is 9.92. The summed E-state index contributed by atoms with van der Waals surface area (Å²) in [6.45, 7) is 0.634. The van der Waals surface area contributed by atoms with E-state index in [0.717, 1.165) is 17.7 Å². The van der Waals surface area contributed by atoms with Crippen LogP contribution in [0.1, 0.15) is 38.7 Å². The predicted molar refractivity (Wildman–Crippen MR) is 125 cm³/mol. The highest BCUT2D eigenvalue weighted by Gasteiger charge is 2.28. The number of rotatable bonds is 4. The molecule has 0 aliphatic carbocycles. The SMILES string of the molecule is CNC1CCN(C(=O)c2ccc(NC(=O)c3cc(Cl)cc(Cl)c3)cc2)c2ccccc21. The van der Waals surface area contributed by atoms with Crippen molar-refractivity contribution in [3.05, 3.63) is 93.5 Å². The summed E-state index contributed by atoms with van der Waals surface area (Å²) in [6, 6.07) is 19.7. The van der Waals surface area contributed by atoms with E-state index in [9.17, 15) is 9.59 Å². The zero-order valence-electron chi connectivity index (χ0n) is 16.9. The van der Waals surface area contributed by atoms with E-state index in [2.05, 4.69) is 16.7 Å². The number of nitrogens with one attached hydrogen (secondary N) is 2. The quantitative estimate of drug-likeness (QED) is 0.543. The minimum atomic E-state index is -0.327. The van der Waals surface area contributed by atoms with Crippen LogP contribution in [0.2, 0.25) is 10.0 Å². The number of hydrogen-bond donors (Lipinski definition) is 2. The Morgan fingerprint density at radius 1 is 0.935 bits per heavy atom. The van der Waals surface area contributed by atoms with E-state index in [-0.39, 0.29) is 17.9 Å². The zero-order chi connectivity index (χ0) is 22.0. The fourth-order valence-electron chi connectivity index (χ4n) is 3.81. The predicted octanol–water partition coefficient (Wildman–Crippen LogP) is 5.56. The van der Waals surface area contributed by atoms with E-state index in [1.165, 1.54) is 0 Å². The number of hydrogen-bond acceptors (Lipinski definition) is 3. The van der Waals surface area contributed by atoms with Gasteiger partial charge in [0.1, 0.15) is 0 Å². The van der Waals surface area contributed by atoms with Crippen LogP contribution in [0.15, 0.2) is 66.7 Å². The first kappa shape index (κ1) is 21.4. The number of benzene rings is 3. The average molecular weight is 454 g/mol. The first-order valence-corrected chi connectivity index (χ1v) is 10.7. The molecule has 1 aliphatic rings. The Morgan fingerprint density at radius 3 is 2.29 bits per heavy atom. The Labute approximate surface area is 191 Å². The molecule has 31 heavy (non-hydrogen) atoms. The van der Waals surface area contributed by atoms with Gasteiger partial charge >= 0.3 is 0 Å². The largest absolute Gasteiger partial charge is 0.322 e. The van der Waals surface area contributed by atoms with Gasteiger partial charge < -0.3 is 15.5 Å². The molecule has 0 saturated carbocycles. The molecule has 0 aromatic heterocycles. The number of anilines is 2. The Bertz CT molecular complexity index is 1110. The first-order chi connectivity index (χ1) is 15.0. The number of carbonyl (C=O) groups is 2. The third-order valence-corrected chi connectivity index (χ3v) is 5.79. The van der Waals surface area contributed by atoms with Crippen molar-refractivity contribution in [3.63, 3.8) is 0 Å². The number of carbonyl (C=O) groups excluding carboxylic acids is 2. The lowest BCUT2D eigenvalue weighted by Gasteiger charge is -2.34. The molecule has 0 fully saturated rings. The van der Waals surface area contributed by atoms with Crippen LogP contribution < -0.4 is 15.5 Å². The number of halogens is 2. The van der Waals surface area contributed by atoms with Gasteiger partial charge in [-0.25, -0.2) is 0 Å². The second-order valence-corrected chi connectivity index (χ2v) is 8.21. The number of amides is 2. The lowest BCUT2D eigenvalue weighted by molar-refractivity contribution is 0.0982. The number of para-hydroxylation sites is 1. The van der Waals surface area contributed by atoms with Crippen molar-refractivity contribution < 1.29 is 9.59 Å². The van der Waals surface area contributed by atoms with Crippen LogP contribution in [0.5, 0.6) is 0 Å². The fourth-order valence-corrected chi connectivity index (χ4v) is 4.34. The van der Waals surface area contributed by atoms with Crippen LogP contribution in [0.25, 0.3) is 0 Å².